The average molecular weight is 430 g/mol. The fourth-order valence-electron chi connectivity index (χ4n) is 5.15. The summed E-state index contributed by atoms with van der Waals surface area (Å²) in [7, 11) is 0. The number of thioether (sulfide) groups is 1. The lowest BCUT2D eigenvalue weighted by molar-refractivity contribution is -0.137. The summed E-state index contributed by atoms with van der Waals surface area (Å²) in [6.07, 6.45) is 8.75. The first-order valence-corrected chi connectivity index (χ1v) is 12.5. The molecular weight excluding hydrogens is 394 g/mol. The van der Waals surface area contributed by atoms with Gasteiger partial charge in [0.25, 0.3) is 0 Å². The molecule has 164 valence electrons. The molecule has 2 aliphatic carbocycles. The van der Waals surface area contributed by atoms with Gasteiger partial charge in [-0.25, -0.2) is 0 Å². The van der Waals surface area contributed by atoms with Crippen molar-refractivity contribution in [2.45, 2.75) is 61.0 Å². The SMILES string of the molecule is O=C(C1CCCC1)N1CCN(CCNC(=O)C2(Sc3ccccc3)CCCC2)CC1. The van der Waals surface area contributed by atoms with E-state index in [-0.39, 0.29) is 16.6 Å². The van der Waals surface area contributed by atoms with Gasteiger partial charge < -0.3 is 10.2 Å². The number of nitrogens with zero attached hydrogens (tertiary/aromatic N) is 2. The number of carbonyl (C=O) groups excluding carboxylic acids is 2. The molecule has 3 aliphatic rings. The molecular formula is C24H35N3O2S. The Labute approximate surface area is 184 Å². The zero-order chi connectivity index (χ0) is 20.8. The largest absolute Gasteiger partial charge is 0.354 e. The maximum atomic E-state index is 13.1. The second-order valence-corrected chi connectivity index (χ2v) is 10.5. The van der Waals surface area contributed by atoms with Crippen molar-refractivity contribution in [1.29, 1.82) is 0 Å². The minimum Gasteiger partial charge on any atom is -0.354 e. The van der Waals surface area contributed by atoms with E-state index in [1.54, 1.807) is 11.8 Å². The highest BCUT2D eigenvalue weighted by Gasteiger charge is 2.42. The summed E-state index contributed by atoms with van der Waals surface area (Å²) in [6.45, 7) is 5.04. The summed E-state index contributed by atoms with van der Waals surface area (Å²) >= 11 is 1.74. The number of benzene rings is 1. The highest BCUT2D eigenvalue weighted by molar-refractivity contribution is 8.01. The Hall–Kier alpha value is -1.53. The molecule has 0 spiro atoms. The van der Waals surface area contributed by atoms with Crippen LogP contribution in [0.1, 0.15) is 51.4 Å². The lowest BCUT2D eigenvalue weighted by Crippen LogP contribution is -2.52. The third-order valence-electron chi connectivity index (χ3n) is 6.98. The van der Waals surface area contributed by atoms with E-state index in [2.05, 4.69) is 27.2 Å². The smallest absolute Gasteiger partial charge is 0.236 e. The zero-order valence-corrected chi connectivity index (χ0v) is 18.8. The molecule has 1 N–H and O–H groups in total. The molecule has 6 heteroatoms. The number of hydrogen-bond acceptors (Lipinski definition) is 4. The summed E-state index contributed by atoms with van der Waals surface area (Å²) in [5.41, 5.74) is 0. The quantitative estimate of drug-likeness (QED) is 0.720. The second kappa shape index (κ2) is 10.2. The Balaban J connectivity index is 1.21. The lowest BCUT2D eigenvalue weighted by atomic mass is 10.1. The van der Waals surface area contributed by atoms with Crippen molar-refractivity contribution in [2.24, 2.45) is 5.92 Å². The van der Waals surface area contributed by atoms with Crippen LogP contribution in [-0.4, -0.2) is 65.6 Å². The molecule has 0 radical (unpaired) electrons. The summed E-state index contributed by atoms with van der Waals surface area (Å²) in [6, 6.07) is 10.3. The summed E-state index contributed by atoms with van der Waals surface area (Å²) in [5, 5.41) is 3.23. The van der Waals surface area contributed by atoms with E-state index in [9.17, 15) is 9.59 Å². The normalized spacial score (nSPS) is 22.3. The maximum Gasteiger partial charge on any atom is 0.236 e. The van der Waals surface area contributed by atoms with E-state index in [4.69, 9.17) is 0 Å². The van der Waals surface area contributed by atoms with Crippen LogP contribution in [-0.2, 0) is 9.59 Å². The molecule has 4 rings (SSSR count). The number of rotatable bonds is 7. The van der Waals surface area contributed by atoms with Crippen LogP contribution in [0.3, 0.4) is 0 Å². The summed E-state index contributed by atoms with van der Waals surface area (Å²) in [5.74, 6) is 0.853. The highest BCUT2D eigenvalue weighted by atomic mass is 32.2. The molecule has 30 heavy (non-hydrogen) atoms. The molecule has 5 nitrogen and oxygen atoms in total. The van der Waals surface area contributed by atoms with Gasteiger partial charge in [-0.1, -0.05) is 43.9 Å². The van der Waals surface area contributed by atoms with E-state index >= 15 is 0 Å². The van der Waals surface area contributed by atoms with Gasteiger partial charge in [-0.15, -0.1) is 11.8 Å². The Kier molecular flexibility index (Phi) is 7.37. The maximum absolute atomic E-state index is 13.1. The van der Waals surface area contributed by atoms with Gasteiger partial charge in [-0.3, -0.25) is 14.5 Å². The van der Waals surface area contributed by atoms with Crippen LogP contribution >= 0.6 is 11.8 Å². The Morgan fingerprint density at radius 3 is 2.30 bits per heavy atom. The van der Waals surface area contributed by atoms with Crippen molar-refractivity contribution in [3.05, 3.63) is 30.3 Å². The fraction of sp³-hybridized carbons (Fsp3) is 0.667. The van der Waals surface area contributed by atoms with Gasteiger partial charge in [0.05, 0.1) is 4.75 Å². The van der Waals surface area contributed by atoms with Crippen LogP contribution in [0.4, 0.5) is 0 Å². The van der Waals surface area contributed by atoms with Crippen LogP contribution in [0.5, 0.6) is 0 Å². The highest BCUT2D eigenvalue weighted by Crippen LogP contribution is 2.45. The van der Waals surface area contributed by atoms with Gasteiger partial charge in [0.1, 0.15) is 0 Å². The molecule has 0 atom stereocenters. The van der Waals surface area contributed by atoms with Crippen molar-refractivity contribution in [2.75, 3.05) is 39.3 Å². The molecule has 1 aromatic rings. The zero-order valence-electron chi connectivity index (χ0n) is 18.0. The van der Waals surface area contributed by atoms with Gasteiger partial charge >= 0.3 is 0 Å². The van der Waals surface area contributed by atoms with Crippen LogP contribution in [0.2, 0.25) is 0 Å². The number of piperazine rings is 1. The summed E-state index contributed by atoms with van der Waals surface area (Å²) in [4.78, 5) is 31.3. The van der Waals surface area contributed by atoms with Crippen LogP contribution in [0, 0.1) is 5.92 Å². The van der Waals surface area contributed by atoms with Gasteiger partial charge in [-0.2, -0.15) is 0 Å². The van der Waals surface area contributed by atoms with E-state index < -0.39 is 0 Å². The second-order valence-electron chi connectivity index (χ2n) is 9.02. The van der Waals surface area contributed by atoms with Crippen LogP contribution in [0.25, 0.3) is 0 Å². The number of amides is 2. The Morgan fingerprint density at radius 1 is 0.967 bits per heavy atom. The predicted octanol–water partition coefficient (Wildman–Crippen LogP) is 3.54. The van der Waals surface area contributed by atoms with Gasteiger partial charge in [0.15, 0.2) is 0 Å². The molecule has 1 saturated heterocycles. The minimum absolute atomic E-state index is 0.198. The van der Waals surface area contributed by atoms with Gasteiger partial charge in [-0.05, 0) is 37.8 Å². The summed E-state index contributed by atoms with van der Waals surface area (Å²) < 4.78 is -0.312. The molecule has 0 unspecified atom stereocenters. The Bertz CT molecular complexity index is 706. The fourth-order valence-corrected chi connectivity index (χ4v) is 6.55. The van der Waals surface area contributed by atoms with Crippen molar-refractivity contribution >= 4 is 23.6 Å². The molecule has 0 bridgehead atoms. The van der Waals surface area contributed by atoms with E-state index in [1.165, 1.54) is 17.7 Å². The third kappa shape index (κ3) is 5.20. The van der Waals surface area contributed by atoms with Crippen molar-refractivity contribution < 1.29 is 9.59 Å². The first-order valence-electron chi connectivity index (χ1n) is 11.7. The molecule has 0 aromatic heterocycles. The van der Waals surface area contributed by atoms with Gasteiger partial charge in [0, 0.05) is 50.1 Å². The molecule has 2 saturated carbocycles. The van der Waals surface area contributed by atoms with Crippen LogP contribution in [0.15, 0.2) is 35.2 Å². The van der Waals surface area contributed by atoms with Crippen molar-refractivity contribution in [1.82, 2.24) is 15.1 Å². The van der Waals surface area contributed by atoms with Gasteiger partial charge in [0.2, 0.25) is 11.8 Å². The standard InChI is InChI=1S/C24H35N3O2S/c28-22(20-8-4-5-9-20)27-18-16-26(17-19-27)15-14-25-23(29)24(12-6-7-13-24)30-21-10-2-1-3-11-21/h1-3,10-11,20H,4-9,12-19H2,(H,25,29). The number of nitrogens with one attached hydrogen (secondary N) is 1. The molecule has 1 heterocycles. The number of carbonyl (C=O) groups is 2. The Morgan fingerprint density at radius 2 is 1.63 bits per heavy atom. The average Bonchev–Trinajstić information content (AvgIpc) is 3.48. The molecule has 1 aliphatic heterocycles. The predicted molar refractivity (Wildman–Crippen MR) is 121 cm³/mol. The number of hydrogen-bond donors (Lipinski definition) is 1. The van der Waals surface area contributed by atoms with Crippen molar-refractivity contribution in [3.8, 4) is 0 Å². The van der Waals surface area contributed by atoms with E-state index in [0.29, 0.717) is 12.5 Å². The van der Waals surface area contributed by atoms with Crippen LogP contribution < -0.4 is 5.32 Å². The molecule has 2 amide bonds. The van der Waals surface area contributed by atoms with E-state index in [0.717, 1.165) is 71.2 Å². The third-order valence-corrected chi connectivity index (χ3v) is 8.48. The first kappa shape index (κ1) is 21.7. The first-order chi connectivity index (χ1) is 14.7. The molecule has 1 aromatic carbocycles. The van der Waals surface area contributed by atoms with E-state index in [1.807, 2.05) is 18.2 Å². The minimum atomic E-state index is -0.312. The van der Waals surface area contributed by atoms with Crippen molar-refractivity contribution in [3.63, 3.8) is 0 Å². The lowest BCUT2D eigenvalue weighted by Gasteiger charge is -2.36. The monoisotopic (exact) mass is 429 g/mol. The molecule has 3 fully saturated rings. The topological polar surface area (TPSA) is 52.7 Å².